The summed E-state index contributed by atoms with van der Waals surface area (Å²) in [4.78, 5) is 2.59. The number of aryl methyl sites for hydroxylation is 2. The third-order valence-electron chi connectivity index (χ3n) is 4.88. The summed E-state index contributed by atoms with van der Waals surface area (Å²) in [6, 6.07) is 9.11. The first kappa shape index (κ1) is 15.3. The predicted molar refractivity (Wildman–Crippen MR) is 91.0 cm³/mol. The standard InChI is InChI=1S/C19H27N3/c1-3-15-7-9-16(10-8-15)13-22-11-5-6-18(14-22)19-17(4-2)12-20-21-19/h7-10,12,18H,3-6,11,13-14H2,1-2H3,(H,20,21). The molecule has 1 aromatic heterocycles. The largest absolute Gasteiger partial charge is 0.298 e. The first-order valence-corrected chi connectivity index (χ1v) is 8.62. The molecule has 1 N–H and O–H groups in total. The van der Waals surface area contributed by atoms with E-state index in [0.717, 1.165) is 25.9 Å². The summed E-state index contributed by atoms with van der Waals surface area (Å²) in [6.07, 6.45) is 6.74. The van der Waals surface area contributed by atoms with E-state index in [4.69, 9.17) is 0 Å². The van der Waals surface area contributed by atoms with Gasteiger partial charge in [-0.1, -0.05) is 38.1 Å². The van der Waals surface area contributed by atoms with E-state index < -0.39 is 0 Å². The molecule has 1 atom stereocenters. The number of benzene rings is 1. The molecule has 2 heterocycles. The lowest BCUT2D eigenvalue weighted by atomic mass is 9.91. The summed E-state index contributed by atoms with van der Waals surface area (Å²) in [5, 5.41) is 7.50. The maximum atomic E-state index is 4.25. The van der Waals surface area contributed by atoms with E-state index in [9.17, 15) is 0 Å². The highest BCUT2D eigenvalue weighted by Crippen LogP contribution is 2.28. The minimum absolute atomic E-state index is 0.612. The molecule has 118 valence electrons. The monoisotopic (exact) mass is 297 g/mol. The Hall–Kier alpha value is -1.61. The Kier molecular flexibility index (Phi) is 4.94. The normalized spacial score (nSPS) is 19.5. The molecule has 0 spiro atoms. The zero-order valence-corrected chi connectivity index (χ0v) is 13.8. The number of piperidine rings is 1. The van der Waals surface area contributed by atoms with Gasteiger partial charge in [0.15, 0.2) is 0 Å². The second kappa shape index (κ2) is 7.10. The fraction of sp³-hybridized carbons (Fsp3) is 0.526. The highest BCUT2D eigenvalue weighted by atomic mass is 15.1. The lowest BCUT2D eigenvalue weighted by molar-refractivity contribution is 0.198. The van der Waals surface area contributed by atoms with Crippen molar-refractivity contribution in [1.82, 2.24) is 15.1 Å². The lowest BCUT2D eigenvalue weighted by Crippen LogP contribution is -2.34. The quantitative estimate of drug-likeness (QED) is 0.907. The van der Waals surface area contributed by atoms with Crippen molar-refractivity contribution in [1.29, 1.82) is 0 Å². The van der Waals surface area contributed by atoms with Crippen LogP contribution in [-0.2, 0) is 19.4 Å². The molecular formula is C19H27N3. The Balaban J connectivity index is 1.65. The van der Waals surface area contributed by atoms with Crippen molar-refractivity contribution in [3.05, 3.63) is 52.8 Å². The fourth-order valence-corrected chi connectivity index (χ4v) is 3.53. The van der Waals surface area contributed by atoms with Gasteiger partial charge in [0.25, 0.3) is 0 Å². The topological polar surface area (TPSA) is 31.9 Å². The van der Waals surface area contributed by atoms with E-state index in [1.807, 2.05) is 6.20 Å². The third kappa shape index (κ3) is 3.41. The molecule has 0 radical (unpaired) electrons. The molecule has 1 saturated heterocycles. The minimum atomic E-state index is 0.612. The van der Waals surface area contributed by atoms with E-state index in [1.54, 1.807) is 0 Å². The Morgan fingerprint density at radius 3 is 2.64 bits per heavy atom. The van der Waals surface area contributed by atoms with Crippen LogP contribution in [0.15, 0.2) is 30.5 Å². The molecule has 0 aliphatic carbocycles. The van der Waals surface area contributed by atoms with Crippen LogP contribution in [0.3, 0.4) is 0 Å². The highest BCUT2D eigenvalue weighted by Gasteiger charge is 2.24. The molecule has 0 amide bonds. The molecule has 2 aromatic rings. The maximum Gasteiger partial charge on any atom is 0.0522 e. The van der Waals surface area contributed by atoms with Gasteiger partial charge in [-0.25, -0.2) is 0 Å². The average molecular weight is 297 g/mol. The molecule has 0 bridgehead atoms. The van der Waals surface area contributed by atoms with E-state index in [0.29, 0.717) is 5.92 Å². The van der Waals surface area contributed by atoms with Crippen LogP contribution in [0.25, 0.3) is 0 Å². The predicted octanol–water partition coefficient (Wildman–Crippen LogP) is 3.91. The molecule has 1 fully saturated rings. The Morgan fingerprint density at radius 1 is 1.14 bits per heavy atom. The zero-order valence-electron chi connectivity index (χ0n) is 13.8. The van der Waals surface area contributed by atoms with Crippen LogP contribution >= 0.6 is 0 Å². The van der Waals surface area contributed by atoms with Crippen LogP contribution in [0.1, 0.15) is 55.0 Å². The van der Waals surface area contributed by atoms with Crippen LogP contribution in [0, 0.1) is 0 Å². The van der Waals surface area contributed by atoms with Crippen LogP contribution in [0.2, 0.25) is 0 Å². The van der Waals surface area contributed by atoms with Crippen LogP contribution < -0.4 is 0 Å². The number of rotatable bonds is 5. The molecule has 3 heteroatoms. The van der Waals surface area contributed by atoms with Gasteiger partial charge in [0, 0.05) is 24.7 Å². The van der Waals surface area contributed by atoms with Crippen molar-refractivity contribution < 1.29 is 0 Å². The van der Waals surface area contributed by atoms with E-state index in [-0.39, 0.29) is 0 Å². The number of aromatic amines is 1. The molecule has 1 aromatic carbocycles. The number of nitrogens with zero attached hydrogens (tertiary/aromatic N) is 2. The first-order chi connectivity index (χ1) is 10.8. The van der Waals surface area contributed by atoms with Gasteiger partial charge in [-0.2, -0.15) is 5.10 Å². The summed E-state index contributed by atoms with van der Waals surface area (Å²) < 4.78 is 0. The van der Waals surface area contributed by atoms with Gasteiger partial charge in [-0.15, -0.1) is 0 Å². The number of nitrogens with one attached hydrogen (secondary N) is 1. The van der Waals surface area contributed by atoms with E-state index in [1.165, 1.54) is 41.8 Å². The summed E-state index contributed by atoms with van der Waals surface area (Å²) in [6.45, 7) is 7.84. The van der Waals surface area contributed by atoms with Crippen LogP contribution in [-0.4, -0.2) is 28.2 Å². The van der Waals surface area contributed by atoms with Crippen molar-refractivity contribution in [2.75, 3.05) is 13.1 Å². The molecule has 3 rings (SSSR count). The van der Waals surface area contributed by atoms with Crippen molar-refractivity contribution in [3.63, 3.8) is 0 Å². The summed E-state index contributed by atoms with van der Waals surface area (Å²) >= 11 is 0. The summed E-state index contributed by atoms with van der Waals surface area (Å²) in [5.74, 6) is 0.612. The molecule has 1 aliphatic heterocycles. The fourth-order valence-electron chi connectivity index (χ4n) is 3.53. The molecule has 0 saturated carbocycles. The SMILES string of the molecule is CCc1ccc(CN2CCCC(c3[nH]ncc3CC)C2)cc1. The Morgan fingerprint density at radius 2 is 1.91 bits per heavy atom. The van der Waals surface area contributed by atoms with Crippen molar-refractivity contribution in [3.8, 4) is 0 Å². The van der Waals surface area contributed by atoms with Gasteiger partial charge in [-0.05, 0) is 48.9 Å². The minimum Gasteiger partial charge on any atom is -0.298 e. The third-order valence-corrected chi connectivity index (χ3v) is 4.88. The number of aromatic nitrogens is 2. The average Bonchev–Trinajstić information content (AvgIpc) is 3.04. The smallest absolute Gasteiger partial charge is 0.0522 e. The Labute approximate surface area is 133 Å². The number of hydrogen-bond donors (Lipinski definition) is 1. The van der Waals surface area contributed by atoms with Gasteiger partial charge >= 0.3 is 0 Å². The molecule has 3 nitrogen and oxygen atoms in total. The second-order valence-corrected chi connectivity index (χ2v) is 6.41. The first-order valence-electron chi connectivity index (χ1n) is 8.62. The van der Waals surface area contributed by atoms with Crippen molar-refractivity contribution >= 4 is 0 Å². The number of H-pyrrole nitrogens is 1. The van der Waals surface area contributed by atoms with E-state index >= 15 is 0 Å². The van der Waals surface area contributed by atoms with Crippen LogP contribution in [0.4, 0.5) is 0 Å². The maximum absolute atomic E-state index is 4.25. The van der Waals surface area contributed by atoms with Crippen LogP contribution in [0.5, 0.6) is 0 Å². The van der Waals surface area contributed by atoms with Gasteiger partial charge in [0.1, 0.15) is 0 Å². The molecule has 1 aliphatic rings. The highest BCUT2D eigenvalue weighted by molar-refractivity contribution is 5.23. The lowest BCUT2D eigenvalue weighted by Gasteiger charge is -2.32. The Bertz CT molecular complexity index is 585. The van der Waals surface area contributed by atoms with Gasteiger partial charge in [-0.3, -0.25) is 10.00 Å². The van der Waals surface area contributed by atoms with E-state index in [2.05, 4.69) is 53.2 Å². The van der Waals surface area contributed by atoms with Crippen molar-refractivity contribution in [2.24, 2.45) is 0 Å². The number of likely N-dealkylation sites (tertiary alicyclic amines) is 1. The van der Waals surface area contributed by atoms with Gasteiger partial charge in [0.2, 0.25) is 0 Å². The molecule has 1 unspecified atom stereocenters. The zero-order chi connectivity index (χ0) is 15.4. The summed E-state index contributed by atoms with van der Waals surface area (Å²) in [7, 11) is 0. The van der Waals surface area contributed by atoms with Gasteiger partial charge in [0.05, 0.1) is 6.20 Å². The number of hydrogen-bond acceptors (Lipinski definition) is 2. The second-order valence-electron chi connectivity index (χ2n) is 6.41. The summed E-state index contributed by atoms with van der Waals surface area (Å²) in [5.41, 5.74) is 5.61. The van der Waals surface area contributed by atoms with Gasteiger partial charge < -0.3 is 0 Å². The molecule has 22 heavy (non-hydrogen) atoms. The van der Waals surface area contributed by atoms with Crippen molar-refractivity contribution in [2.45, 2.75) is 52.0 Å². The molecular weight excluding hydrogens is 270 g/mol.